The Bertz CT molecular complexity index is 515. The maximum absolute atomic E-state index is 4.34. The second-order valence-electron chi connectivity index (χ2n) is 5.33. The number of rotatable bonds is 5. The highest BCUT2D eigenvalue weighted by Crippen LogP contribution is 2.21. The Morgan fingerprint density at radius 1 is 1.25 bits per heavy atom. The molecule has 0 aliphatic carbocycles. The number of anilines is 1. The molecule has 0 saturated carbocycles. The van der Waals surface area contributed by atoms with Crippen LogP contribution in [0.5, 0.6) is 0 Å². The van der Waals surface area contributed by atoms with Crippen LogP contribution in [0.1, 0.15) is 36.4 Å². The van der Waals surface area contributed by atoms with Crippen molar-refractivity contribution in [1.29, 1.82) is 0 Å². The van der Waals surface area contributed by atoms with Crippen molar-refractivity contribution in [3.05, 3.63) is 46.4 Å². The third-order valence-corrected chi connectivity index (χ3v) is 4.80. The second kappa shape index (κ2) is 6.37. The zero-order valence-electron chi connectivity index (χ0n) is 11.9. The lowest BCUT2D eigenvalue weighted by atomic mass is 10.2. The Balaban J connectivity index is 1.55. The van der Waals surface area contributed by atoms with E-state index in [9.17, 15) is 0 Å². The average molecular weight is 287 g/mol. The Morgan fingerprint density at radius 2 is 2.00 bits per heavy atom. The molecule has 1 fully saturated rings. The van der Waals surface area contributed by atoms with E-state index >= 15 is 0 Å². The number of nitrogens with zero attached hydrogens (tertiary/aromatic N) is 2. The molecular formula is C16H21N3S. The molecule has 0 amide bonds. The number of aromatic nitrogens is 1. The van der Waals surface area contributed by atoms with Gasteiger partial charge in [-0.25, -0.2) is 4.98 Å². The fourth-order valence-electron chi connectivity index (χ4n) is 2.61. The molecule has 4 heteroatoms. The van der Waals surface area contributed by atoms with E-state index in [-0.39, 0.29) is 0 Å². The SMILES string of the molecule is CC(NCc1ccc(N2CCCC2)cc1)c1nccs1. The van der Waals surface area contributed by atoms with E-state index in [0.717, 1.165) is 11.6 Å². The lowest BCUT2D eigenvalue weighted by Gasteiger charge is -2.18. The first-order chi connectivity index (χ1) is 9.83. The maximum Gasteiger partial charge on any atom is 0.109 e. The van der Waals surface area contributed by atoms with Gasteiger partial charge in [0.05, 0.1) is 6.04 Å². The van der Waals surface area contributed by atoms with Gasteiger partial charge < -0.3 is 10.2 Å². The van der Waals surface area contributed by atoms with Crippen LogP contribution >= 0.6 is 11.3 Å². The highest BCUT2D eigenvalue weighted by Gasteiger charge is 2.12. The van der Waals surface area contributed by atoms with Gasteiger partial charge in [-0.3, -0.25) is 0 Å². The van der Waals surface area contributed by atoms with Crippen molar-refractivity contribution in [1.82, 2.24) is 10.3 Å². The number of hydrogen-bond acceptors (Lipinski definition) is 4. The smallest absolute Gasteiger partial charge is 0.109 e. The monoisotopic (exact) mass is 287 g/mol. The van der Waals surface area contributed by atoms with Crippen molar-refractivity contribution in [3.63, 3.8) is 0 Å². The predicted molar refractivity (Wildman–Crippen MR) is 85.3 cm³/mol. The average Bonchev–Trinajstić information content (AvgIpc) is 3.18. The summed E-state index contributed by atoms with van der Waals surface area (Å²) < 4.78 is 0. The summed E-state index contributed by atoms with van der Waals surface area (Å²) >= 11 is 1.71. The summed E-state index contributed by atoms with van der Waals surface area (Å²) in [6.45, 7) is 5.47. The highest BCUT2D eigenvalue weighted by atomic mass is 32.1. The van der Waals surface area contributed by atoms with Crippen molar-refractivity contribution in [2.75, 3.05) is 18.0 Å². The van der Waals surface area contributed by atoms with E-state index in [2.05, 4.69) is 46.4 Å². The molecule has 0 spiro atoms. The summed E-state index contributed by atoms with van der Waals surface area (Å²) in [7, 11) is 0. The van der Waals surface area contributed by atoms with Crippen LogP contribution in [0.3, 0.4) is 0 Å². The minimum absolute atomic E-state index is 0.313. The molecule has 3 rings (SSSR count). The molecule has 20 heavy (non-hydrogen) atoms. The molecule has 2 heterocycles. The van der Waals surface area contributed by atoms with Crippen LogP contribution in [0.4, 0.5) is 5.69 Å². The molecule has 1 atom stereocenters. The summed E-state index contributed by atoms with van der Waals surface area (Å²) in [4.78, 5) is 6.81. The minimum Gasteiger partial charge on any atom is -0.372 e. The predicted octanol–water partition coefficient (Wildman–Crippen LogP) is 3.59. The molecule has 1 aliphatic rings. The fraction of sp³-hybridized carbons (Fsp3) is 0.438. The van der Waals surface area contributed by atoms with E-state index in [1.54, 1.807) is 11.3 Å². The second-order valence-corrected chi connectivity index (χ2v) is 6.26. The van der Waals surface area contributed by atoms with Gasteiger partial charge in [-0.1, -0.05) is 12.1 Å². The third-order valence-electron chi connectivity index (χ3n) is 3.84. The van der Waals surface area contributed by atoms with E-state index in [1.807, 2.05) is 11.6 Å². The van der Waals surface area contributed by atoms with Gasteiger partial charge >= 0.3 is 0 Å². The number of hydrogen-bond donors (Lipinski definition) is 1. The van der Waals surface area contributed by atoms with E-state index in [0.29, 0.717) is 6.04 Å². The minimum atomic E-state index is 0.313. The lowest BCUT2D eigenvalue weighted by Crippen LogP contribution is -2.19. The summed E-state index contributed by atoms with van der Waals surface area (Å²) in [5, 5.41) is 6.70. The lowest BCUT2D eigenvalue weighted by molar-refractivity contribution is 0.572. The van der Waals surface area contributed by atoms with Gasteiger partial charge in [0.1, 0.15) is 5.01 Å². The van der Waals surface area contributed by atoms with Crippen LogP contribution < -0.4 is 10.2 Å². The van der Waals surface area contributed by atoms with Crippen molar-refractivity contribution in [3.8, 4) is 0 Å². The molecule has 1 N–H and O–H groups in total. The van der Waals surface area contributed by atoms with Gasteiger partial charge in [0.2, 0.25) is 0 Å². The van der Waals surface area contributed by atoms with E-state index < -0.39 is 0 Å². The zero-order valence-corrected chi connectivity index (χ0v) is 12.7. The summed E-state index contributed by atoms with van der Waals surface area (Å²) in [5.41, 5.74) is 2.69. The van der Waals surface area contributed by atoms with Crippen molar-refractivity contribution >= 4 is 17.0 Å². The van der Waals surface area contributed by atoms with E-state index in [1.165, 1.54) is 37.2 Å². The van der Waals surface area contributed by atoms with Gasteiger partial charge in [-0.2, -0.15) is 0 Å². The molecule has 0 radical (unpaired) electrons. The first-order valence-electron chi connectivity index (χ1n) is 7.29. The van der Waals surface area contributed by atoms with Gasteiger partial charge in [0.25, 0.3) is 0 Å². The summed E-state index contributed by atoms with van der Waals surface area (Å²) in [6, 6.07) is 9.27. The molecule has 1 aliphatic heterocycles. The van der Waals surface area contributed by atoms with Gasteiger partial charge in [-0.15, -0.1) is 11.3 Å². The summed E-state index contributed by atoms with van der Waals surface area (Å²) in [6.07, 6.45) is 4.52. The Morgan fingerprint density at radius 3 is 2.65 bits per heavy atom. The molecule has 3 nitrogen and oxygen atoms in total. The molecule has 106 valence electrons. The number of benzene rings is 1. The largest absolute Gasteiger partial charge is 0.372 e. The van der Waals surface area contributed by atoms with Crippen LogP contribution in [0.15, 0.2) is 35.8 Å². The Kier molecular flexibility index (Phi) is 4.33. The standard InChI is InChI=1S/C16H21N3S/c1-13(16-17-8-11-20-16)18-12-14-4-6-15(7-5-14)19-9-2-3-10-19/h4-8,11,13,18H,2-3,9-10,12H2,1H3. The Hall–Kier alpha value is -1.39. The van der Waals surface area contributed by atoms with Gasteiger partial charge in [0, 0.05) is 36.9 Å². The van der Waals surface area contributed by atoms with Crippen LogP contribution in [-0.2, 0) is 6.54 Å². The van der Waals surface area contributed by atoms with Gasteiger partial charge in [-0.05, 0) is 37.5 Å². The topological polar surface area (TPSA) is 28.2 Å². The molecular weight excluding hydrogens is 266 g/mol. The van der Waals surface area contributed by atoms with Crippen LogP contribution in [0.25, 0.3) is 0 Å². The van der Waals surface area contributed by atoms with Crippen molar-refractivity contribution in [2.24, 2.45) is 0 Å². The van der Waals surface area contributed by atoms with Crippen LogP contribution in [-0.4, -0.2) is 18.1 Å². The molecule has 1 aromatic heterocycles. The highest BCUT2D eigenvalue weighted by molar-refractivity contribution is 7.09. The maximum atomic E-state index is 4.34. The van der Waals surface area contributed by atoms with Crippen LogP contribution in [0, 0.1) is 0 Å². The number of thiazole rings is 1. The first-order valence-corrected chi connectivity index (χ1v) is 8.17. The quantitative estimate of drug-likeness (QED) is 0.911. The van der Waals surface area contributed by atoms with Crippen LogP contribution in [0.2, 0.25) is 0 Å². The zero-order chi connectivity index (χ0) is 13.8. The third kappa shape index (κ3) is 3.19. The molecule has 0 bridgehead atoms. The first kappa shape index (κ1) is 13.6. The van der Waals surface area contributed by atoms with Gasteiger partial charge in [0.15, 0.2) is 0 Å². The normalized spacial score (nSPS) is 16.6. The summed E-state index contributed by atoms with van der Waals surface area (Å²) in [5.74, 6) is 0. The number of nitrogens with one attached hydrogen (secondary N) is 1. The molecule has 1 saturated heterocycles. The fourth-order valence-corrected chi connectivity index (χ4v) is 3.28. The Labute approximate surface area is 124 Å². The van der Waals surface area contributed by atoms with Crippen molar-refractivity contribution < 1.29 is 0 Å². The molecule has 1 aromatic carbocycles. The molecule has 1 unspecified atom stereocenters. The van der Waals surface area contributed by atoms with Crippen molar-refractivity contribution in [2.45, 2.75) is 32.4 Å². The van der Waals surface area contributed by atoms with E-state index in [4.69, 9.17) is 0 Å². The molecule has 2 aromatic rings.